The lowest BCUT2D eigenvalue weighted by Crippen LogP contribution is -2.24. The van der Waals surface area contributed by atoms with Gasteiger partial charge < -0.3 is 20.1 Å². The number of β-amino-alcohol motifs (C(OH)–C–C–N with tert-alkyl or cyclic N) is 1. The van der Waals surface area contributed by atoms with Crippen molar-refractivity contribution in [2.24, 2.45) is 7.05 Å². The second-order valence-corrected chi connectivity index (χ2v) is 7.79. The molecular formula is C21H20ClF2N5O3. The molecule has 1 aromatic carbocycles. The Morgan fingerprint density at radius 1 is 1.31 bits per heavy atom. The number of alkyl halides is 3. The van der Waals surface area contributed by atoms with Crippen molar-refractivity contribution in [2.75, 3.05) is 23.3 Å². The molecule has 0 aliphatic carbocycles. The van der Waals surface area contributed by atoms with Crippen molar-refractivity contribution in [3.8, 4) is 17.0 Å². The summed E-state index contributed by atoms with van der Waals surface area (Å²) in [5, 5.41) is 16.8. The molecule has 32 heavy (non-hydrogen) atoms. The van der Waals surface area contributed by atoms with Gasteiger partial charge in [-0.3, -0.25) is 9.48 Å². The molecule has 1 fully saturated rings. The summed E-state index contributed by atoms with van der Waals surface area (Å²) >= 11 is 4.75. The maximum Gasteiger partial charge on any atom is 0.487 e. The first kappa shape index (κ1) is 22.0. The number of benzene rings is 1. The largest absolute Gasteiger partial charge is 0.487 e. The van der Waals surface area contributed by atoms with Crippen LogP contribution in [-0.2, 0) is 7.05 Å². The molecule has 168 valence electrons. The number of aromatic nitrogens is 3. The Balaban J connectivity index is 1.58. The number of aliphatic hydroxyl groups is 1. The topological polar surface area (TPSA) is 92.5 Å². The van der Waals surface area contributed by atoms with Gasteiger partial charge in [0.15, 0.2) is 0 Å². The van der Waals surface area contributed by atoms with E-state index in [4.69, 9.17) is 11.6 Å². The number of carbonyl (C=O) groups is 1. The summed E-state index contributed by atoms with van der Waals surface area (Å²) in [5.74, 6) is 0.0933. The number of anilines is 2. The maximum absolute atomic E-state index is 12.8. The van der Waals surface area contributed by atoms with E-state index in [0.29, 0.717) is 42.1 Å². The zero-order valence-corrected chi connectivity index (χ0v) is 17.8. The average molecular weight is 464 g/mol. The first-order valence-electron chi connectivity index (χ1n) is 9.78. The lowest BCUT2D eigenvalue weighted by Gasteiger charge is -2.21. The highest BCUT2D eigenvalue weighted by molar-refractivity contribution is 6.20. The molecule has 3 aromatic rings. The molecular weight excluding hydrogens is 444 g/mol. The Labute approximate surface area is 187 Å². The van der Waals surface area contributed by atoms with Gasteiger partial charge in [0.05, 0.1) is 17.4 Å². The van der Waals surface area contributed by atoms with Crippen LogP contribution >= 0.6 is 11.6 Å². The Hall–Kier alpha value is -3.24. The highest BCUT2D eigenvalue weighted by atomic mass is 35.5. The van der Waals surface area contributed by atoms with E-state index in [1.165, 1.54) is 30.5 Å². The molecule has 0 spiro atoms. The van der Waals surface area contributed by atoms with E-state index in [1.807, 2.05) is 11.0 Å². The van der Waals surface area contributed by atoms with Crippen LogP contribution in [0.3, 0.4) is 0 Å². The van der Waals surface area contributed by atoms with Gasteiger partial charge in [-0.25, -0.2) is 4.98 Å². The smallest absolute Gasteiger partial charge is 0.420 e. The van der Waals surface area contributed by atoms with Crippen molar-refractivity contribution in [1.29, 1.82) is 0 Å². The quantitative estimate of drug-likeness (QED) is 0.544. The molecule has 11 heteroatoms. The Bertz CT molecular complexity index is 1120. The first-order valence-corrected chi connectivity index (χ1v) is 10.2. The van der Waals surface area contributed by atoms with Crippen LogP contribution in [0.1, 0.15) is 16.8 Å². The molecule has 1 atom stereocenters. The minimum absolute atomic E-state index is 0.139. The van der Waals surface area contributed by atoms with Crippen molar-refractivity contribution >= 4 is 29.0 Å². The third-order valence-corrected chi connectivity index (χ3v) is 5.11. The number of aliphatic hydroxyl groups excluding tert-OH is 1. The van der Waals surface area contributed by atoms with Crippen LogP contribution in [0, 0.1) is 0 Å². The number of hydrogen-bond acceptors (Lipinski definition) is 6. The molecule has 2 N–H and O–H groups in total. The number of nitrogens with zero attached hydrogens (tertiary/aromatic N) is 4. The summed E-state index contributed by atoms with van der Waals surface area (Å²) in [5.41, 5.74) is -1.65. The van der Waals surface area contributed by atoms with Crippen molar-refractivity contribution in [3.05, 3.63) is 54.4 Å². The second kappa shape index (κ2) is 8.71. The van der Waals surface area contributed by atoms with Gasteiger partial charge in [0.2, 0.25) is 0 Å². The van der Waals surface area contributed by atoms with E-state index in [1.54, 1.807) is 24.0 Å². The predicted octanol–water partition coefficient (Wildman–Crippen LogP) is 3.47. The van der Waals surface area contributed by atoms with E-state index in [2.05, 4.69) is 20.1 Å². The number of amides is 1. The summed E-state index contributed by atoms with van der Waals surface area (Å²) in [6.07, 6.45) is 3.33. The highest BCUT2D eigenvalue weighted by Gasteiger charge is 2.28. The summed E-state index contributed by atoms with van der Waals surface area (Å²) in [7, 11) is 1.79. The van der Waals surface area contributed by atoms with Crippen LogP contribution in [0.25, 0.3) is 11.3 Å². The van der Waals surface area contributed by atoms with E-state index in [9.17, 15) is 18.7 Å². The summed E-state index contributed by atoms with van der Waals surface area (Å²) < 4.78 is 31.4. The van der Waals surface area contributed by atoms with Gasteiger partial charge in [-0.05, 0) is 42.8 Å². The van der Waals surface area contributed by atoms with E-state index in [-0.39, 0.29) is 5.75 Å². The van der Waals surface area contributed by atoms with E-state index in [0.717, 1.165) is 5.69 Å². The number of carbonyl (C=O) groups excluding carboxylic acids is 1. The molecule has 0 unspecified atom stereocenters. The molecule has 0 saturated carbocycles. The van der Waals surface area contributed by atoms with Crippen molar-refractivity contribution in [3.63, 3.8) is 0 Å². The van der Waals surface area contributed by atoms with E-state index < -0.39 is 17.6 Å². The van der Waals surface area contributed by atoms with Crippen molar-refractivity contribution in [2.45, 2.75) is 18.1 Å². The molecule has 2 aromatic heterocycles. The first-order chi connectivity index (χ1) is 15.2. The molecule has 3 heterocycles. The van der Waals surface area contributed by atoms with Gasteiger partial charge >= 0.3 is 5.57 Å². The number of ether oxygens (including phenoxy) is 1. The highest BCUT2D eigenvalue weighted by Crippen LogP contribution is 2.32. The van der Waals surface area contributed by atoms with Crippen LogP contribution in [0.4, 0.5) is 20.3 Å². The monoisotopic (exact) mass is 463 g/mol. The molecule has 1 aliphatic rings. The van der Waals surface area contributed by atoms with Gasteiger partial charge in [-0.1, -0.05) is 0 Å². The fourth-order valence-corrected chi connectivity index (χ4v) is 3.63. The number of aryl methyl sites for hydroxylation is 1. The van der Waals surface area contributed by atoms with E-state index >= 15 is 0 Å². The van der Waals surface area contributed by atoms with Crippen LogP contribution < -0.4 is 15.0 Å². The molecule has 8 nitrogen and oxygen atoms in total. The predicted molar refractivity (Wildman–Crippen MR) is 115 cm³/mol. The minimum Gasteiger partial charge on any atom is -0.420 e. The Kier molecular flexibility index (Phi) is 5.98. The summed E-state index contributed by atoms with van der Waals surface area (Å²) in [6, 6.07) is 8.92. The summed E-state index contributed by atoms with van der Waals surface area (Å²) in [4.78, 5) is 19.3. The number of rotatable bonds is 6. The third-order valence-electron chi connectivity index (χ3n) is 5.03. The fourth-order valence-electron chi connectivity index (χ4n) is 3.54. The molecule has 0 radical (unpaired) electrons. The molecule has 0 bridgehead atoms. The van der Waals surface area contributed by atoms with Crippen LogP contribution in [0.2, 0.25) is 0 Å². The third kappa shape index (κ3) is 4.97. The van der Waals surface area contributed by atoms with Crippen LogP contribution in [0.5, 0.6) is 5.75 Å². The van der Waals surface area contributed by atoms with Crippen molar-refractivity contribution < 1.29 is 23.4 Å². The SMILES string of the molecule is Cn1nccc1-c1cc(C(=O)Nc2ccc(OC(F)(F)Cl)cc2)cnc1N1CC[C@@H](O)C1. The Morgan fingerprint density at radius 3 is 2.66 bits per heavy atom. The zero-order chi connectivity index (χ0) is 22.9. The van der Waals surface area contributed by atoms with Gasteiger partial charge in [0.25, 0.3) is 5.91 Å². The zero-order valence-electron chi connectivity index (χ0n) is 17.0. The molecule has 1 saturated heterocycles. The number of pyridine rings is 1. The second-order valence-electron chi connectivity index (χ2n) is 7.35. The maximum atomic E-state index is 12.8. The lowest BCUT2D eigenvalue weighted by molar-refractivity contribution is -0.0964. The van der Waals surface area contributed by atoms with Gasteiger partial charge in [0, 0.05) is 55.4 Å². The molecule has 4 rings (SSSR count). The van der Waals surface area contributed by atoms with Gasteiger partial charge in [0.1, 0.15) is 11.6 Å². The van der Waals surface area contributed by atoms with Crippen LogP contribution in [0.15, 0.2) is 48.8 Å². The average Bonchev–Trinajstić information content (AvgIpc) is 3.36. The molecule has 1 amide bonds. The minimum atomic E-state index is -3.81. The Morgan fingerprint density at radius 2 is 2.06 bits per heavy atom. The standard InChI is InChI=1S/C21H20ClF2N5O3/c1-28-18(6-8-26-28)17-10-13(11-25-19(17)29-9-7-15(30)12-29)20(31)27-14-2-4-16(5-3-14)32-21(22,23)24/h2-6,8,10-11,15,30H,7,9,12H2,1H3,(H,27,31)/t15-/m1/s1. The number of hydrogen-bond donors (Lipinski definition) is 2. The fraction of sp³-hybridized carbons (Fsp3) is 0.286. The molecule has 1 aliphatic heterocycles. The van der Waals surface area contributed by atoms with Gasteiger partial charge in [-0.2, -0.15) is 5.10 Å². The van der Waals surface area contributed by atoms with Crippen molar-refractivity contribution in [1.82, 2.24) is 14.8 Å². The normalized spacial score (nSPS) is 16.3. The number of nitrogens with one attached hydrogen (secondary N) is 1. The lowest BCUT2D eigenvalue weighted by atomic mass is 10.1. The van der Waals surface area contributed by atoms with Gasteiger partial charge in [-0.15, -0.1) is 8.78 Å². The summed E-state index contributed by atoms with van der Waals surface area (Å²) in [6.45, 7) is 1.11. The number of halogens is 3. The van der Waals surface area contributed by atoms with Crippen LogP contribution in [-0.4, -0.2) is 50.5 Å².